The first-order valence-electron chi connectivity index (χ1n) is 5.25. The third kappa shape index (κ3) is 0.852. The van der Waals surface area contributed by atoms with E-state index in [9.17, 15) is 0 Å². The van der Waals surface area contributed by atoms with E-state index in [4.69, 9.17) is 0 Å². The fraction of sp³-hybridized carbons (Fsp3) is 0. The number of pyridine rings is 1. The SMILES string of the molecule is c1ccc2c(c1)[nH]c1cnc3c[nH]cc3c12. The van der Waals surface area contributed by atoms with E-state index in [1.54, 1.807) is 0 Å². The van der Waals surface area contributed by atoms with Crippen LogP contribution < -0.4 is 0 Å². The number of benzene rings is 1. The van der Waals surface area contributed by atoms with Crippen molar-refractivity contribution < 1.29 is 0 Å². The molecule has 0 amide bonds. The normalized spacial score (nSPS) is 11.8. The summed E-state index contributed by atoms with van der Waals surface area (Å²) in [5, 5.41) is 3.68. The summed E-state index contributed by atoms with van der Waals surface area (Å²) < 4.78 is 0. The molecule has 3 heteroatoms. The van der Waals surface area contributed by atoms with Crippen molar-refractivity contribution >= 4 is 32.7 Å². The van der Waals surface area contributed by atoms with Gasteiger partial charge in [-0.1, -0.05) is 18.2 Å². The molecule has 1 aromatic carbocycles. The van der Waals surface area contributed by atoms with Crippen molar-refractivity contribution in [2.45, 2.75) is 0 Å². The van der Waals surface area contributed by atoms with Crippen LogP contribution in [0.25, 0.3) is 32.7 Å². The van der Waals surface area contributed by atoms with Gasteiger partial charge in [-0.15, -0.1) is 0 Å². The second-order valence-electron chi connectivity index (χ2n) is 3.97. The zero-order valence-corrected chi connectivity index (χ0v) is 8.49. The summed E-state index contributed by atoms with van der Waals surface area (Å²) in [6, 6.07) is 8.34. The van der Waals surface area contributed by atoms with Gasteiger partial charge in [0.05, 0.1) is 17.2 Å². The summed E-state index contributed by atoms with van der Waals surface area (Å²) in [6.45, 7) is 0. The van der Waals surface area contributed by atoms with Crippen LogP contribution in [0.15, 0.2) is 42.9 Å². The number of hydrogen-bond acceptors (Lipinski definition) is 1. The lowest BCUT2D eigenvalue weighted by Gasteiger charge is -1.92. The van der Waals surface area contributed by atoms with Crippen LogP contribution in [0.4, 0.5) is 0 Å². The molecule has 0 aliphatic rings. The van der Waals surface area contributed by atoms with Crippen LogP contribution in [-0.4, -0.2) is 15.0 Å². The number of para-hydroxylation sites is 1. The van der Waals surface area contributed by atoms with E-state index < -0.39 is 0 Å². The number of fused-ring (bicyclic) bond motifs is 5. The molecule has 2 N–H and O–H groups in total. The van der Waals surface area contributed by atoms with Crippen molar-refractivity contribution in [3.63, 3.8) is 0 Å². The summed E-state index contributed by atoms with van der Waals surface area (Å²) in [6.07, 6.45) is 5.83. The quantitative estimate of drug-likeness (QED) is 0.457. The molecule has 0 bridgehead atoms. The monoisotopic (exact) mass is 207 g/mol. The molecule has 0 unspecified atom stereocenters. The molecule has 0 aliphatic heterocycles. The highest BCUT2D eigenvalue weighted by molar-refractivity contribution is 6.18. The molecular weight excluding hydrogens is 198 g/mol. The second kappa shape index (κ2) is 2.64. The van der Waals surface area contributed by atoms with Crippen molar-refractivity contribution in [3.8, 4) is 0 Å². The molecule has 0 fully saturated rings. The molecule has 76 valence electrons. The van der Waals surface area contributed by atoms with Crippen LogP contribution >= 0.6 is 0 Å². The van der Waals surface area contributed by atoms with Gasteiger partial charge in [0.1, 0.15) is 0 Å². The molecular formula is C13H9N3. The van der Waals surface area contributed by atoms with Gasteiger partial charge >= 0.3 is 0 Å². The number of nitrogens with zero attached hydrogens (tertiary/aromatic N) is 1. The molecule has 16 heavy (non-hydrogen) atoms. The van der Waals surface area contributed by atoms with Gasteiger partial charge in [-0.05, 0) is 6.07 Å². The van der Waals surface area contributed by atoms with Gasteiger partial charge < -0.3 is 9.97 Å². The first-order chi connectivity index (χ1) is 7.93. The largest absolute Gasteiger partial charge is 0.365 e. The first kappa shape index (κ1) is 7.93. The Labute approximate surface area is 91.1 Å². The summed E-state index contributed by atoms with van der Waals surface area (Å²) in [5.74, 6) is 0. The Balaban J connectivity index is 2.42. The van der Waals surface area contributed by atoms with E-state index in [1.165, 1.54) is 16.2 Å². The number of aromatic amines is 2. The molecule has 3 aromatic heterocycles. The van der Waals surface area contributed by atoms with Crippen molar-refractivity contribution in [2.24, 2.45) is 0 Å². The van der Waals surface area contributed by atoms with Gasteiger partial charge in [0.25, 0.3) is 0 Å². The average Bonchev–Trinajstić information content (AvgIpc) is 2.91. The highest BCUT2D eigenvalue weighted by atomic mass is 14.8. The maximum atomic E-state index is 4.40. The van der Waals surface area contributed by atoms with E-state index in [2.05, 4.69) is 33.2 Å². The number of nitrogens with one attached hydrogen (secondary N) is 2. The smallest absolute Gasteiger partial charge is 0.0884 e. The Morgan fingerprint density at radius 3 is 2.88 bits per heavy atom. The third-order valence-corrected chi connectivity index (χ3v) is 3.06. The number of H-pyrrole nitrogens is 2. The standard InChI is InChI=1S/C13H9N3/c1-2-4-10-8(3-1)13-9-5-14-6-11(9)15-7-12(13)16-10/h1-7,14,16H. The second-order valence-corrected chi connectivity index (χ2v) is 3.97. The van der Waals surface area contributed by atoms with Crippen LogP contribution in [0.5, 0.6) is 0 Å². The lowest BCUT2D eigenvalue weighted by atomic mass is 10.1. The van der Waals surface area contributed by atoms with Crippen molar-refractivity contribution in [1.29, 1.82) is 0 Å². The Hall–Kier alpha value is -2.29. The highest BCUT2D eigenvalue weighted by Gasteiger charge is 2.08. The van der Waals surface area contributed by atoms with Gasteiger partial charge in [0.2, 0.25) is 0 Å². The van der Waals surface area contributed by atoms with Gasteiger partial charge in [-0.2, -0.15) is 0 Å². The lowest BCUT2D eigenvalue weighted by Crippen LogP contribution is -1.74. The Kier molecular flexibility index (Phi) is 1.31. The molecule has 4 aromatic rings. The molecule has 0 saturated carbocycles. The van der Waals surface area contributed by atoms with Gasteiger partial charge in [-0.3, -0.25) is 4.98 Å². The first-order valence-corrected chi connectivity index (χ1v) is 5.25. The zero-order chi connectivity index (χ0) is 10.5. The molecule has 0 atom stereocenters. The molecule has 0 saturated heterocycles. The molecule has 0 aliphatic carbocycles. The topological polar surface area (TPSA) is 44.5 Å². The fourth-order valence-electron chi connectivity index (χ4n) is 2.35. The molecule has 4 rings (SSSR count). The minimum absolute atomic E-state index is 1.01. The number of aromatic nitrogens is 3. The van der Waals surface area contributed by atoms with E-state index in [0.717, 1.165) is 16.6 Å². The molecule has 0 spiro atoms. The Morgan fingerprint density at radius 2 is 1.88 bits per heavy atom. The summed E-state index contributed by atoms with van der Waals surface area (Å²) in [4.78, 5) is 10.9. The van der Waals surface area contributed by atoms with Crippen LogP contribution in [0.2, 0.25) is 0 Å². The van der Waals surface area contributed by atoms with Crippen LogP contribution in [-0.2, 0) is 0 Å². The fourth-order valence-corrected chi connectivity index (χ4v) is 2.35. The lowest BCUT2D eigenvalue weighted by molar-refractivity contribution is 1.39. The third-order valence-electron chi connectivity index (χ3n) is 3.06. The van der Waals surface area contributed by atoms with E-state index >= 15 is 0 Å². The van der Waals surface area contributed by atoms with Crippen LogP contribution in [0, 0.1) is 0 Å². The summed E-state index contributed by atoms with van der Waals surface area (Å²) >= 11 is 0. The summed E-state index contributed by atoms with van der Waals surface area (Å²) in [7, 11) is 0. The van der Waals surface area contributed by atoms with E-state index in [1.807, 2.05) is 24.7 Å². The van der Waals surface area contributed by atoms with Crippen molar-refractivity contribution in [3.05, 3.63) is 42.9 Å². The maximum Gasteiger partial charge on any atom is 0.0884 e. The summed E-state index contributed by atoms with van der Waals surface area (Å²) in [5.41, 5.74) is 3.26. The van der Waals surface area contributed by atoms with Gasteiger partial charge in [0.15, 0.2) is 0 Å². The minimum atomic E-state index is 1.01. The van der Waals surface area contributed by atoms with E-state index in [0.29, 0.717) is 0 Å². The Morgan fingerprint density at radius 1 is 0.938 bits per heavy atom. The number of hydrogen-bond donors (Lipinski definition) is 2. The van der Waals surface area contributed by atoms with E-state index in [-0.39, 0.29) is 0 Å². The van der Waals surface area contributed by atoms with Gasteiger partial charge in [0, 0.05) is 34.1 Å². The maximum absolute atomic E-state index is 4.40. The highest BCUT2D eigenvalue weighted by Crippen LogP contribution is 2.30. The molecule has 3 heterocycles. The van der Waals surface area contributed by atoms with Gasteiger partial charge in [-0.25, -0.2) is 0 Å². The molecule has 0 radical (unpaired) electrons. The zero-order valence-electron chi connectivity index (χ0n) is 8.49. The predicted molar refractivity (Wildman–Crippen MR) is 65.5 cm³/mol. The Bertz CT molecular complexity index is 808. The molecule has 3 nitrogen and oxygen atoms in total. The van der Waals surface area contributed by atoms with Crippen molar-refractivity contribution in [1.82, 2.24) is 15.0 Å². The predicted octanol–water partition coefficient (Wildman–Crippen LogP) is 3.20. The van der Waals surface area contributed by atoms with Crippen molar-refractivity contribution in [2.75, 3.05) is 0 Å². The number of rotatable bonds is 0. The van der Waals surface area contributed by atoms with Crippen LogP contribution in [0.3, 0.4) is 0 Å². The van der Waals surface area contributed by atoms with Crippen LogP contribution in [0.1, 0.15) is 0 Å². The minimum Gasteiger partial charge on any atom is -0.365 e. The average molecular weight is 207 g/mol.